The molecule has 0 amide bonds. The maximum absolute atomic E-state index is 5.51. The van der Waals surface area contributed by atoms with Crippen LogP contribution in [0.3, 0.4) is 0 Å². The van der Waals surface area contributed by atoms with E-state index < -0.39 is 0 Å². The van der Waals surface area contributed by atoms with Gasteiger partial charge < -0.3 is 14.8 Å². The number of rotatable bonds is 9. The molecule has 35 heavy (non-hydrogen) atoms. The molecule has 0 aliphatic carbocycles. The van der Waals surface area contributed by atoms with E-state index in [1.807, 2.05) is 24.4 Å². The number of ether oxygens (including phenoxy) is 2. The summed E-state index contributed by atoms with van der Waals surface area (Å²) in [5.74, 6) is 2.78. The number of anilines is 1. The molecule has 1 fully saturated rings. The third-order valence-electron chi connectivity index (χ3n) is 6.43. The normalized spacial score (nSPS) is 14.8. The van der Waals surface area contributed by atoms with E-state index in [0.717, 1.165) is 62.8 Å². The summed E-state index contributed by atoms with van der Waals surface area (Å²) in [5, 5.41) is 8.00. The number of hydrogen-bond donors (Lipinski definition) is 1. The van der Waals surface area contributed by atoms with Gasteiger partial charge in [-0.1, -0.05) is 36.4 Å². The van der Waals surface area contributed by atoms with Crippen molar-refractivity contribution < 1.29 is 9.47 Å². The fourth-order valence-corrected chi connectivity index (χ4v) is 4.51. The summed E-state index contributed by atoms with van der Waals surface area (Å²) in [7, 11) is 3.27. The van der Waals surface area contributed by atoms with Crippen molar-refractivity contribution in [1.82, 2.24) is 29.4 Å². The number of nitrogens with zero attached hydrogens (tertiary/aromatic N) is 6. The second-order valence-electron chi connectivity index (χ2n) is 8.59. The molecule has 182 valence electrons. The third kappa shape index (κ3) is 5.21. The number of benzene rings is 2. The zero-order valence-corrected chi connectivity index (χ0v) is 20.2. The Morgan fingerprint density at radius 3 is 2.43 bits per heavy atom. The van der Waals surface area contributed by atoms with Crippen LogP contribution in [0.4, 0.5) is 5.82 Å². The molecule has 0 bridgehead atoms. The van der Waals surface area contributed by atoms with E-state index in [1.54, 1.807) is 18.7 Å². The zero-order chi connectivity index (χ0) is 24.0. The molecule has 1 saturated heterocycles. The standard InChI is InChI=1S/C26H31N7O2/c1-34-23-9-8-21(16-24(23)35-2)22-17-28-26-29-19-30-33(26)25(22)27-10-11-31-12-14-32(15-13-31)18-20-6-4-3-5-7-20/h3-9,16-17,19,27H,10-15,18H2,1-2H3. The number of nitrogens with one attached hydrogen (secondary N) is 1. The van der Waals surface area contributed by atoms with Crippen molar-refractivity contribution in [2.45, 2.75) is 6.54 Å². The molecule has 1 N–H and O–H groups in total. The van der Waals surface area contributed by atoms with E-state index in [0.29, 0.717) is 17.3 Å². The minimum Gasteiger partial charge on any atom is -0.493 e. The molecule has 2 aromatic carbocycles. The van der Waals surface area contributed by atoms with Gasteiger partial charge in [-0.15, -0.1) is 0 Å². The van der Waals surface area contributed by atoms with Gasteiger partial charge in [-0.3, -0.25) is 9.80 Å². The summed E-state index contributed by atoms with van der Waals surface area (Å²) >= 11 is 0. The van der Waals surface area contributed by atoms with Gasteiger partial charge in [0.15, 0.2) is 11.5 Å². The first-order valence-corrected chi connectivity index (χ1v) is 11.9. The highest BCUT2D eigenvalue weighted by molar-refractivity contribution is 5.77. The Bertz CT molecular complexity index is 1250. The van der Waals surface area contributed by atoms with Crippen molar-refractivity contribution >= 4 is 11.6 Å². The highest BCUT2D eigenvalue weighted by Gasteiger charge is 2.18. The van der Waals surface area contributed by atoms with Gasteiger partial charge in [-0.05, 0) is 23.3 Å². The summed E-state index contributed by atoms with van der Waals surface area (Å²) in [6.07, 6.45) is 3.35. The van der Waals surface area contributed by atoms with E-state index in [1.165, 1.54) is 11.9 Å². The molecular weight excluding hydrogens is 442 g/mol. The minimum absolute atomic E-state index is 0.561. The van der Waals surface area contributed by atoms with Gasteiger partial charge in [0.25, 0.3) is 5.78 Å². The van der Waals surface area contributed by atoms with Gasteiger partial charge >= 0.3 is 0 Å². The fourth-order valence-electron chi connectivity index (χ4n) is 4.51. The number of methoxy groups -OCH3 is 2. The highest BCUT2D eigenvalue weighted by atomic mass is 16.5. The van der Waals surface area contributed by atoms with Crippen molar-refractivity contribution in [2.75, 3.05) is 58.8 Å². The van der Waals surface area contributed by atoms with Gasteiger partial charge in [0.05, 0.1) is 14.2 Å². The lowest BCUT2D eigenvalue weighted by Crippen LogP contribution is -2.47. The molecule has 9 heteroatoms. The maximum atomic E-state index is 5.51. The molecule has 1 aliphatic heterocycles. The lowest BCUT2D eigenvalue weighted by molar-refractivity contribution is 0.130. The first-order chi connectivity index (χ1) is 17.2. The Kier molecular flexibility index (Phi) is 7.06. The topological polar surface area (TPSA) is 80.0 Å². The van der Waals surface area contributed by atoms with Gasteiger partial charge in [0, 0.05) is 57.6 Å². The summed E-state index contributed by atoms with van der Waals surface area (Å²) in [6, 6.07) is 16.5. The van der Waals surface area contributed by atoms with Crippen LogP contribution < -0.4 is 14.8 Å². The molecule has 5 rings (SSSR count). The van der Waals surface area contributed by atoms with Crippen molar-refractivity contribution in [1.29, 1.82) is 0 Å². The summed E-state index contributed by atoms with van der Waals surface area (Å²) in [6.45, 7) is 7.03. The zero-order valence-electron chi connectivity index (χ0n) is 20.2. The molecule has 0 radical (unpaired) electrons. The molecule has 4 aromatic rings. The summed E-state index contributed by atoms with van der Waals surface area (Å²) < 4.78 is 12.7. The van der Waals surface area contributed by atoms with Crippen LogP contribution in [0.5, 0.6) is 11.5 Å². The Morgan fingerprint density at radius 1 is 0.886 bits per heavy atom. The lowest BCUT2D eigenvalue weighted by atomic mass is 10.1. The smallest absolute Gasteiger partial charge is 0.254 e. The van der Waals surface area contributed by atoms with Crippen LogP contribution in [0, 0.1) is 0 Å². The average molecular weight is 474 g/mol. The van der Waals surface area contributed by atoms with E-state index in [4.69, 9.17) is 9.47 Å². The molecule has 0 atom stereocenters. The second-order valence-corrected chi connectivity index (χ2v) is 8.59. The van der Waals surface area contributed by atoms with Gasteiger partial charge in [0.1, 0.15) is 12.1 Å². The molecule has 3 heterocycles. The number of hydrogen-bond acceptors (Lipinski definition) is 8. The third-order valence-corrected chi connectivity index (χ3v) is 6.43. The van der Waals surface area contributed by atoms with Crippen molar-refractivity contribution in [3.05, 3.63) is 66.6 Å². The predicted molar refractivity (Wildman–Crippen MR) is 136 cm³/mol. The quantitative estimate of drug-likeness (QED) is 0.397. The summed E-state index contributed by atoms with van der Waals surface area (Å²) in [4.78, 5) is 13.8. The molecule has 9 nitrogen and oxygen atoms in total. The Balaban J connectivity index is 1.25. The first kappa shape index (κ1) is 23.1. The molecular formula is C26H31N7O2. The van der Waals surface area contributed by atoms with Crippen molar-refractivity contribution in [3.8, 4) is 22.6 Å². The van der Waals surface area contributed by atoms with E-state index >= 15 is 0 Å². The number of piperazine rings is 1. The molecule has 0 unspecified atom stereocenters. The van der Waals surface area contributed by atoms with E-state index in [2.05, 4.69) is 60.5 Å². The van der Waals surface area contributed by atoms with Crippen LogP contribution >= 0.6 is 0 Å². The highest BCUT2D eigenvalue weighted by Crippen LogP contribution is 2.35. The monoisotopic (exact) mass is 473 g/mol. The predicted octanol–water partition coefficient (Wildman–Crippen LogP) is 3.04. The fraction of sp³-hybridized carbons (Fsp3) is 0.346. The largest absolute Gasteiger partial charge is 0.493 e. The van der Waals surface area contributed by atoms with Crippen molar-refractivity contribution in [2.24, 2.45) is 0 Å². The van der Waals surface area contributed by atoms with Crippen molar-refractivity contribution in [3.63, 3.8) is 0 Å². The van der Waals surface area contributed by atoms with Crippen LogP contribution in [0.2, 0.25) is 0 Å². The first-order valence-electron chi connectivity index (χ1n) is 11.9. The average Bonchev–Trinajstić information content (AvgIpc) is 3.39. The van der Waals surface area contributed by atoms with Gasteiger partial charge in [-0.2, -0.15) is 14.6 Å². The molecule has 2 aromatic heterocycles. The van der Waals surface area contributed by atoms with Gasteiger partial charge in [-0.25, -0.2) is 4.98 Å². The number of fused-ring (bicyclic) bond motifs is 1. The van der Waals surface area contributed by atoms with Gasteiger partial charge in [0.2, 0.25) is 0 Å². The lowest BCUT2D eigenvalue weighted by Gasteiger charge is -2.34. The molecule has 0 saturated carbocycles. The Labute approximate surface area is 205 Å². The van der Waals surface area contributed by atoms with E-state index in [9.17, 15) is 0 Å². The maximum Gasteiger partial charge on any atom is 0.254 e. The van der Waals surface area contributed by atoms with Crippen LogP contribution in [0.25, 0.3) is 16.9 Å². The number of aromatic nitrogens is 4. The Morgan fingerprint density at radius 2 is 1.66 bits per heavy atom. The van der Waals surface area contributed by atoms with Crippen LogP contribution in [0.1, 0.15) is 5.56 Å². The SMILES string of the molecule is COc1ccc(-c2cnc3ncnn3c2NCCN2CCN(Cc3ccccc3)CC2)cc1OC. The molecule has 1 aliphatic rings. The van der Waals surface area contributed by atoms with Crippen LogP contribution in [-0.4, -0.2) is 82.9 Å². The van der Waals surface area contributed by atoms with Crippen LogP contribution in [-0.2, 0) is 6.54 Å². The minimum atomic E-state index is 0.561. The summed E-state index contributed by atoms with van der Waals surface area (Å²) in [5.41, 5.74) is 3.26. The second kappa shape index (κ2) is 10.7. The Hall–Kier alpha value is -3.69. The van der Waals surface area contributed by atoms with E-state index in [-0.39, 0.29) is 0 Å². The van der Waals surface area contributed by atoms with Crippen LogP contribution in [0.15, 0.2) is 61.1 Å². The molecule has 0 spiro atoms.